The van der Waals surface area contributed by atoms with E-state index >= 15 is 0 Å². The molecule has 0 spiro atoms. The summed E-state index contributed by atoms with van der Waals surface area (Å²) in [4.78, 5) is 20.8. The minimum atomic E-state index is -0.905. The highest BCUT2D eigenvalue weighted by atomic mass is 16.3. The monoisotopic (exact) mass is 439 g/mol. The average Bonchev–Trinajstić information content (AvgIpc) is 3.29. The van der Waals surface area contributed by atoms with E-state index in [1.165, 1.54) is 18.6 Å². The van der Waals surface area contributed by atoms with E-state index in [0.29, 0.717) is 11.4 Å². The molecule has 4 heterocycles. The summed E-state index contributed by atoms with van der Waals surface area (Å²) in [5.74, 6) is -0.364. The number of nitrogens with zero attached hydrogens (tertiary/aromatic N) is 5. The van der Waals surface area contributed by atoms with Crippen LogP contribution in [0, 0.1) is 6.92 Å². The van der Waals surface area contributed by atoms with Crippen molar-refractivity contribution in [1.82, 2.24) is 24.1 Å². The van der Waals surface area contributed by atoms with E-state index in [9.17, 15) is 15.0 Å². The van der Waals surface area contributed by atoms with Crippen LogP contribution in [0.1, 0.15) is 23.2 Å². The standard InChI is InChI=1S/C25H21N5O3/c1-16-4-2-7-21(28-16)22(31)11-20-12-23(32)24(33)14-29(20)19-6-3-5-17(10-19)18-8-9-25-26-15-27-30(25)13-18/h2-10,12-15,22,31,33H,11H2,1H3. The third kappa shape index (κ3) is 4.11. The van der Waals surface area contributed by atoms with E-state index in [-0.39, 0.29) is 12.2 Å². The fourth-order valence-corrected chi connectivity index (χ4v) is 3.84. The third-order valence-electron chi connectivity index (χ3n) is 5.50. The van der Waals surface area contributed by atoms with Crippen molar-refractivity contribution in [3.8, 4) is 22.6 Å². The summed E-state index contributed by atoms with van der Waals surface area (Å²) in [7, 11) is 0. The molecule has 0 bridgehead atoms. The molecule has 0 saturated carbocycles. The van der Waals surface area contributed by atoms with Crippen LogP contribution in [0.3, 0.4) is 0 Å². The fourth-order valence-electron chi connectivity index (χ4n) is 3.84. The molecular weight excluding hydrogens is 418 g/mol. The number of rotatable bonds is 5. The Bertz CT molecular complexity index is 1520. The van der Waals surface area contributed by atoms with E-state index < -0.39 is 11.5 Å². The molecular formula is C25H21N5O3. The summed E-state index contributed by atoms with van der Waals surface area (Å²) < 4.78 is 3.41. The van der Waals surface area contributed by atoms with E-state index in [4.69, 9.17) is 0 Å². The van der Waals surface area contributed by atoms with Crippen molar-refractivity contribution >= 4 is 5.65 Å². The van der Waals surface area contributed by atoms with Gasteiger partial charge < -0.3 is 14.8 Å². The Morgan fingerprint density at radius 2 is 1.85 bits per heavy atom. The Balaban J connectivity index is 1.55. The smallest absolute Gasteiger partial charge is 0.223 e. The zero-order valence-electron chi connectivity index (χ0n) is 17.8. The van der Waals surface area contributed by atoms with Crippen molar-refractivity contribution < 1.29 is 10.2 Å². The molecule has 0 aliphatic rings. The van der Waals surface area contributed by atoms with E-state index in [2.05, 4.69) is 15.1 Å². The second kappa shape index (κ2) is 8.33. The molecule has 33 heavy (non-hydrogen) atoms. The molecule has 0 saturated heterocycles. The van der Waals surface area contributed by atoms with Crippen LogP contribution in [-0.4, -0.2) is 34.4 Å². The van der Waals surface area contributed by atoms with Gasteiger partial charge in [-0.3, -0.25) is 9.78 Å². The molecule has 8 heteroatoms. The summed E-state index contributed by atoms with van der Waals surface area (Å²) in [6.45, 7) is 1.86. The first-order valence-corrected chi connectivity index (χ1v) is 10.4. The Kier molecular flexibility index (Phi) is 5.20. The van der Waals surface area contributed by atoms with Crippen LogP contribution >= 0.6 is 0 Å². The predicted molar refractivity (Wildman–Crippen MR) is 123 cm³/mol. The van der Waals surface area contributed by atoms with Crippen molar-refractivity contribution in [1.29, 1.82) is 0 Å². The normalized spacial score (nSPS) is 12.2. The molecule has 1 atom stereocenters. The van der Waals surface area contributed by atoms with Gasteiger partial charge in [-0.1, -0.05) is 18.2 Å². The Labute approximate surface area is 189 Å². The summed E-state index contributed by atoms with van der Waals surface area (Å²) >= 11 is 0. The van der Waals surface area contributed by atoms with Crippen LogP contribution in [0.5, 0.6) is 5.75 Å². The maximum atomic E-state index is 12.2. The molecule has 5 rings (SSSR count). The van der Waals surface area contributed by atoms with Gasteiger partial charge in [-0.15, -0.1) is 0 Å². The van der Waals surface area contributed by atoms with E-state index in [1.807, 2.05) is 61.7 Å². The Morgan fingerprint density at radius 1 is 1.00 bits per heavy atom. The van der Waals surface area contributed by atoms with Gasteiger partial charge in [-0.05, 0) is 48.9 Å². The lowest BCUT2D eigenvalue weighted by Crippen LogP contribution is -2.15. The van der Waals surface area contributed by atoms with E-state index in [1.54, 1.807) is 15.1 Å². The topological polar surface area (TPSA) is 106 Å². The van der Waals surface area contributed by atoms with Crippen LogP contribution in [0.15, 0.2) is 84.2 Å². The SMILES string of the molecule is Cc1cccc(C(O)Cc2cc(=O)c(O)cn2-c2cccc(-c3ccc4ncnn4c3)c2)n1. The Hall–Kier alpha value is -4.30. The third-order valence-corrected chi connectivity index (χ3v) is 5.50. The average molecular weight is 439 g/mol. The number of aliphatic hydroxyl groups is 1. The van der Waals surface area contributed by atoms with Gasteiger partial charge in [0.05, 0.1) is 11.9 Å². The maximum absolute atomic E-state index is 12.2. The van der Waals surface area contributed by atoms with Gasteiger partial charge in [-0.2, -0.15) is 5.10 Å². The van der Waals surface area contributed by atoms with Gasteiger partial charge in [0.25, 0.3) is 0 Å². The first-order chi connectivity index (χ1) is 16.0. The van der Waals surface area contributed by atoms with Crippen LogP contribution in [-0.2, 0) is 6.42 Å². The van der Waals surface area contributed by atoms with Crippen LogP contribution in [0.2, 0.25) is 0 Å². The molecule has 0 radical (unpaired) electrons. The zero-order valence-corrected chi connectivity index (χ0v) is 17.8. The minimum Gasteiger partial charge on any atom is -0.503 e. The number of aromatic hydroxyl groups is 1. The molecule has 0 aliphatic heterocycles. The van der Waals surface area contributed by atoms with Crippen LogP contribution in [0.4, 0.5) is 0 Å². The maximum Gasteiger partial charge on any atom is 0.223 e. The number of aryl methyl sites for hydroxylation is 1. The quantitative estimate of drug-likeness (QED) is 0.436. The van der Waals surface area contributed by atoms with Crippen molar-refractivity contribution in [3.05, 3.63) is 107 Å². The van der Waals surface area contributed by atoms with Crippen LogP contribution in [0.25, 0.3) is 22.5 Å². The first kappa shape index (κ1) is 20.6. The zero-order chi connectivity index (χ0) is 22.9. The summed E-state index contributed by atoms with van der Waals surface area (Å²) in [5.41, 5.74) is 4.72. The van der Waals surface area contributed by atoms with Gasteiger partial charge >= 0.3 is 0 Å². The second-order valence-corrected chi connectivity index (χ2v) is 7.84. The number of fused-ring (bicyclic) bond motifs is 1. The molecule has 0 amide bonds. The van der Waals surface area contributed by atoms with E-state index in [0.717, 1.165) is 28.2 Å². The number of aromatic nitrogens is 5. The molecule has 0 aliphatic carbocycles. The Morgan fingerprint density at radius 3 is 2.70 bits per heavy atom. The van der Waals surface area contributed by atoms with Gasteiger partial charge in [0.15, 0.2) is 11.4 Å². The minimum absolute atomic E-state index is 0.154. The molecule has 1 aromatic carbocycles. The fraction of sp³-hybridized carbons (Fsp3) is 0.120. The van der Waals surface area contributed by atoms with Crippen LogP contribution < -0.4 is 5.43 Å². The molecule has 8 nitrogen and oxygen atoms in total. The molecule has 0 fully saturated rings. The number of benzene rings is 1. The molecule has 5 aromatic rings. The van der Waals surface area contributed by atoms with Gasteiger partial charge in [0, 0.05) is 41.3 Å². The first-order valence-electron chi connectivity index (χ1n) is 10.4. The van der Waals surface area contributed by atoms with Gasteiger partial charge in [0.1, 0.15) is 12.4 Å². The molecule has 2 N–H and O–H groups in total. The van der Waals surface area contributed by atoms with Gasteiger partial charge in [0.2, 0.25) is 5.43 Å². The molecule has 164 valence electrons. The predicted octanol–water partition coefficient (Wildman–Crippen LogP) is 3.23. The highest BCUT2D eigenvalue weighted by Gasteiger charge is 2.16. The molecule has 1 unspecified atom stereocenters. The van der Waals surface area contributed by atoms with Crippen molar-refractivity contribution in [2.24, 2.45) is 0 Å². The molecule has 4 aromatic heterocycles. The number of aliphatic hydroxyl groups excluding tert-OH is 1. The lowest BCUT2D eigenvalue weighted by molar-refractivity contribution is 0.171. The summed E-state index contributed by atoms with van der Waals surface area (Å²) in [5, 5.41) is 25.1. The number of pyridine rings is 3. The summed E-state index contributed by atoms with van der Waals surface area (Å²) in [6, 6.07) is 18.3. The largest absolute Gasteiger partial charge is 0.503 e. The van der Waals surface area contributed by atoms with Crippen molar-refractivity contribution in [2.45, 2.75) is 19.4 Å². The second-order valence-electron chi connectivity index (χ2n) is 7.84. The van der Waals surface area contributed by atoms with Crippen molar-refractivity contribution in [3.63, 3.8) is 0 Å². The summed E-state index contributed by atoms with van der Waals surface area (Å²) in [6.07, 6.45) is 4.02. The number of hydrogen-bond acceptors (Lipinski definition) is 6. The lowest BCUT2D eigenvalue weighted by atomic mass is 10.1. The highest BCUT2D eigenvalue weighted by molar-refractivity contribution is 5.67. The highest BCUT2D eigenvalue weighted by Crippen LogP contribution is 2.25. The number of hydrogen-bond donors (Lipinski definition) is 2. The van der Waals surface area contributed by atoms with Gasteiger partial charge in [-0.25, -0.2) is 9.50 Å². The van der Waals surface area contributed by atoms with Crippen molar-refractivity contribution in [2.75, 3.05) is 0 Å². The lowest BCUT2D eigenvalue weighted by Gasteiger charge is -2.18.